The molecule has 7 nitrogen and oxygen atoms in total. The fourth-order valence-corrected chi connectivity index (χ4v) is 5.70. The van der Waals surface area contributed by atoms with Crippen LogP contribution in [0.3, 0.4) is 0 Å². The van der Waals surface area contributed by atoms with Crippen LogP contribution in [-0.4, -0.2) is 33.0 Å². The summed E-state index contributed by atoms with van der Waals surface area (Å²) in [6.07, 6.45) is 3.13. The van der Waals surface area contributed by atoms with Gasteiger partial charge in [0.1, 0.15) is 5.52 Å². The van der Waals surface area contributed by atoms with Crippen molar-refractivity contribution in [3.63, 3.8) is 0 Å². The van der Waals surface area contributed by atoms with Crippen molar-refractivity contribution in [3.05, 3.63) is 53.4 Å². The van der Waals surface area contributed by atoms with Gasteiger partial charge in [-0.25, -0.2) is 8.78 Å². The lowest BCUT2D eigenvalue weighted by Crippen LogP contribution is -2.23. The molecule has 186 valence electrons. The van der Waals surface area contributed by atoms with Crippen LogP contribution in [0, 0.1) is 28.9 Å². The van der Waals surface area contributed by atoms with Gasteiger partial charge in [-0.05, 0) is 48.9 Å². The molecule has 1 fully saturated rings. The molecular weight excluding hydrogens is 466 g/mol. The molecular formula is C27H26F2N4O3. The van der Waals surface area contributed by atoms with E-state index in [2.05, 4.69) is 16.3 Å². The second-order valence-corrected chi connectivity index (χ2v) is 10.1. The number of benzene rings is 2. The van der Waals surface area contributed by atoms with E-state index in [4.69, 9.17) is 4.74 Å². The van der Waals surface area contributed by atoms with E-state index in [0.29, 0.717) is 52.5 Å². The molecule has 0 saturated heterocycles. The molecule has 9 heteroatoms. The number of nitriles is 1. The van der Waals surface area contributed by atoms with Gasteiger partial charge in [-0.1, -0.05) is 13.8 Å². The standard InChI is InChI=1S/C27H26F2N4O3/c1-27(2,8-9-30)25-21(14-4-5-15(10-14)26(34)35)22-19(11-16-13-31-32-24(16)23(22)29)33(25)17-6-7-18(28)20(12-17)36-3/h6-7,11-15H,4-5,8,10H2,1-3H3,(H,31,32)(H,34,35)/t14-,15?/m1/s1. The van der Waals surface area contributed by atoms with Crippen molar-refractivity contribution in [3.8, 4) is 17.5 Å². The first-order valence-electron chi connectivity index (χ1n) is 11.8. The van der Waals surface area contributed by atoms with Gasteiger partial charge in [0.25, 0.3) is 0 Å². The smallest absolute Gasteiger partial charge is 0.306 e. The van der Waals surface area contributed by atoms with E-state index in [-0.39, 0.29) is 23.6 Å². The average molecular weight is 493 g/mol. The Hall–Kier alpha value is -3.93. The molecule has 0 bridgehead atoms. The quantitative estimate of drug-likeness (QED) is 0.346. The first kappa shape index (κ1) is 23.8. The van der Waals surface area contributed by atoms with Gasteiger partial charge in [0, 0.05) is 40.1 Å². The van der Waals surface area contributed by atoms with Crippen LogP contribution in [0.2, 0.25) is 0 Å². The highest BCUT2D eigenvalue weighted by atomic mass is 19.1. The minimum absolute atomic E-state index is 0.0385. The van der Waals surface area contributed by atoms with Gasteiger partial charge < -0.3 is 14.4 Å². The van der Waals surface area contributed by atoms with Crippen LogP contribution in [0.15, 0.2) is 30.5 Å². The molecule has 2 heterocycles. The number of aromatic amines is 1. The van der Waals surface area contributed by atoms with Crippen molar-refractivity contribution in [2.45, 2.75) is 50.9 Å². The van der Waals surface area contributed by atoms with E-state index in [9.17, 15) is 19.6 Å². The number of methoxy groups -OCH3 is 1. The van der Waals surface area contributed by atoms with Crippen LogP contribution in [0.4, 0.5) is 8.78 Å². The zero-order chi connectivity index (χ0) is 25.8. The Morgan fingerprint density at radius 2 is 2.11 bits per heavy atom. The first-order valence-corrected chi connectivity index (χ1v) is 11.8. The van der Waals surface area contributed by atoms with Gasteiger partial charge in [0.2, 0.25) is 0 Å². The van der Waals surface area contributed by atoms with Gasteiger partial charge in [-0.2, -0.15) is 10.4 Å². The first-order chi connectivity index (χ1) is 17.2. The summed E-state index contributed by atoms with van der Waals surface area (Å²) in [5.74, 6) is -2.57. The highest BCUT2D eigenvalue weighted by Crippen LogP contribution is 2.49. The molecule has 1 saturated carbocycles. The lowest BCUT2D eigenvalue weighted by Gasteiger charge is -2.28. The second kappa shape index (κ2) is 8.63. The number of carboxylic acid groups (broad SMARTS) is 1. The van der Waals surface area contributed by atoms with E-state index < -0.39 is 28.9 Å². The van der Waals surface area contributed by atoms with Crippen LogP contribution in [0.5, 0.6) is 5.75 Å². The van der Waals surface area contributed by atoms with Gasteiger partial charge in [-0.3, -0.25) is 9.89 Å². The largest absolute Gasteiger partial charge is 0.494 e. The van der Waals surface area contributed by atoms with Crippen molar-refractivity contribution in [1.82, 2.24) is 14.8 Å². The van der Waals surface area contributed by atoms with E-state index in [1.54, 1.807) is 12.1 Å². The molecule has 2 atom stereocenters. The predicted molar refractivity (Wildman–Crippen MR) is 130 cm³/mol. The summed E-state index contributed by atoms with van der Waals surface area (Å²) >= 11 is 0. The Labute approximate surface area is 206 Å². The molecule has 0 spiro atoms. The monoisotopic (exact) mass is 492 g/mol. The minimum atomic E-state index is -0.862. The summed E-state index contributed by atoms with van der Waals surface area (Å²) in [6, 6.07) is 8.52. The van der Waals surface area contributed by atoms with Gasteiger partial charge in [0.15, 0.2) is 17.4 Å². The molecule has 2 aromatic carbocycles. The lowest BCUT2D eigenvalue weighted by molar-refractivity contribution is -0.141. The van der Waals surface area contributed by atoms with Crippen molar-refractivity contribution in [1.29, 1.82) is 5.26 Å². The van der Waals surface area contributed by atoms with Crippen LogP contribution < -0.4 is 4.74 Å². The Morgan fingerprint density at radius 3 is 2.78 bits per heavy atom. The van der Waals surface area contributed by atoms with E-state index in [1.165, 1.54) is 19.4 Å². The number of nitrogens with one attached hydrogen (secondary N) is 1. The zero-order valence-electron chi connectivity index (χ0n) is 20.2. The number of halogens is 2. The summed E-state index contributed by atoms with van der Waals surface area (Å²) in [5, 5.41) is 27.0. The van der Waals surface area contributed by atoms with Crippen molar-refractivity contribution in [2.24, 2.45) is 5.92 Å². The maximum Gasteiger partial charge on any atom is 0.306 e. The molecule has 1 aliphatic rings. The van der Waals surface area contributed by atoms with Gasteiger partial charge >= 0.3 is 5.97 Å². The number of fused-ring (bicyclic) bond motifs is 2. The Morgan fingerprint density at radius 1 is 1.33 bits per heavy atom. The van der Waals surface area contributed by atoms with Crippen LogP contribution in [0.1, 0.15) is 56.7 Å². The number of hydrogen-bond donors (Lipinski definition) is 2. The molecule has 1 unspecified atom stereocenters. The Bertz CT molecular complexity index is 1550. The normalized spacial score (nSPS) is 18.1. The number of carbonyl (C=O) groups is 1. The maximum atomic E-state index is 16.2. The van der Waals surface area contributed by atoms with E-state index in [0.717, 1.165) is 0 Å². The van der Waals surface area contributed by atoms with Crippen LogP contribution in [0.25, 0.3) is 27.5 Å². The number of H-pyrrole nitrogens is 1. The third-order valence-corrected chi connectivity index (χ3v) is 7.39. The highest BCUT2D eigenvalue weighted by molar-refractivity contribution is 6.00. The third kappa shape index (κ3) is 3.60. The highest BCUT2D eigenvalue weighted by Gasteiger charge is 2.40. The Balaban J connectivity index is 1.93. The SMILES string of the molecule is COc1cc(-n2c(C(C)(C)CC#N)c([C@@H]3CCC(C(=O)O)C3)c3c(F)c4[nH]ncc4cc32)ccc1F. The van der Waals surface area contributed by atoms with Crippen molar-refractivity contribution in [2.75, 3.05) is 7.11 Å². The second-order valence-electron chi connectivity index (χ2n) is 10.1. The molecule has 2 aromatic heterocycles. The Kier molecular flexibility index (Phi) is 5.70. The van der Waals surface area contributed by atoms with E-state index in [1.807, 2.05) is 24.5 Å². The third-order valence-electron chi connectivity index (χ3n) is 7.39. The number of ether oxygens (including phenoxy) is 1. The summed E-state index contributed by atoms with van der Waals surface area (Å²) in [4.78, 5) is 11.8. The lowest BCUT2D eigenvalue weighted by atomic mass is 9.79. The molecule has 0 aliphatic heterocycles. The molecule has 36 heavy (non-hydrogen) atoms. The number of aromatic nitrogens is 3. The summed E-state index contributed by atoms with van der Waals surface area (Å²) in [5.41, 5.74) is 2.04. The molecule has 0 amide bonds. The van der Waals surface area contributed by atoms with Crippen LogP contribution in [-0.2, 0) is 10.2 Å². The predicted octanol–water partition coefficient (Wildman–Crippen LogP) is 5.95. The zero-order valence-corrected chi connectivity index (χ0v) is 20.2. The summed E-state index contributed by atoms with van der Waals surface area (Å²) in [7, 11) is 1.38. The molecule has 2 N–H and O–H groups in total. The van der Waals surface area contributed by atoms with Crippen molar-refractivity contribution >= 4 is 27.8 Å². The van der Waals surface area contributed by atoms with E-state index >= 15 is 4.39 Å². The molecule has 5 rings (SSSR count). The number of carboxylic acids is 1. The topological polar surface area (TPSA) is 104 Å². The molecule has 1 aliphatic carbocycles. The van der Waals surface area contributed by atoms with Crippen LogP contribution >= 0.6 is 0 Å². The number of nitrogens with zero attached hydrogens (tertiary/aromatic N) is 3. The van der Waals surface area contributed by atoms with Gasteiger partial charge in [0.05, 0.1) is 30.8 Å². The maximum absolute atomic E-state index is 16.2. The molecule has 4 aromatic rings. The van der Waals surface area contributed by atoms with Crippen molar-refractivity contribution < 1.29 is 23.4 Å². The molecule has 0 radical (unpaired) electrons. The number of hydrogen-bond acceptors (Lipinski definition) is 4. The minimum Gasteiger partial charge on any atom is -0.494 e. The fourth-order valence-electron chi connectivity index (χ4n) is 5.70. The summed E-state index contributed by atoms with van der Waals surface area (Å²) < 4.78 is 37.7. The number of aliphatic carboxylic acids is 1. The van der Waals surface area contributed by atoms with Gasteiger partial charge in [-0.15, -0.1) is 0 Å². The fraction of sp³-hybridized carbons (Fsp3) is 0.370. The average Bonchev–Trinajstić information content (AvgIpc) is 3.57. The summed E-state index contributed by atoms with van der Waals surface area (Å²) in [6.45, 7) is 3.83. The number of rotatable bonds is 6.